The van der Waals surface area contributed by atoms with Gasteiger partial charge in [0.15, 0.2) is 5.82 Å². The summed E-state index contributed by atoms with van der Waals surface area (Å²) in [6.07, 6.45) is 0. The molecule has 3 aromatic rings. The van der Waals surface area contributed by atoms with Crippen LogP contribution in [0.5, 0.6) is 0 Å². The lowest BCUT2D eigenvalue weighted by molar-refractivity contribution is 0.102. The lowest BCUT2D eigenvalue weighted by atomic mass is 10.1. The summed E-state index contributed by atoms with van der Waals surface area (Å²) in [5, 5.41) is 6.73. The van der Waals surface area contributed by atoms with Crippen LogP contribution in [0, 0.1) is 20.8 Å². The normalized spacial score (nSPS) is 10.6. The summed E-state index contributed by atoms with van der Waals surface area (Å²) in [6, 6.07) is 13.0. The maximum atomic E-state index is 12.4. The largest absolute Gasteiger partial charge is 0.334 e. The van der Waals surface area contributed by atoms with Gasteiger partial charge in [0.05, 0.1) is 0 Å². The van der Waals surface area contributed by atoms with E-state index in [-0.39, 0.29) is 5.91 Å². The number of carbonyl (C=O) groups excluding carboxylic acids is 1. The van der Waals surface area contributed by atoms with Gasteiger partial charge < -0.3 is 9.84 Å². The SMILES string of the molecule is Cc1noc(-c2ccc(C(=O)Nc3c(C)cccc3C)cc2)n1. The first-order valence-corrected chi connectivity index (χ1v) is 7.33. The third-order valence-electron chi connectivity index (χ3n) is 3.64. The van der Waals surface area contributed by atoms with Gasteiger partial charge in [-0.15, -0.1) is 0 Å². The number of hydrogen-bond acceptors (Lipinski definition) is 4. The molecule has 1 heterocycles. The fourth-order valence-electron chi connectivity index (χ4n) is 2.38. The van der Waals surface area contributed by atoms with Gasteiger partial charge in [-0.1, -0.05) is 23.4 Å². The highest BCUT2D eigenvalue weighted by Gasteiger charge is 2.11. The second-order valence-corrected chi connectivity index (χ2v) is 5.45. The van der Waals surface area contributed by atoms with Gasteiger partial charge in [-0.05, 0) is 56.2 Å². The third kappa shape index (κ3) is 3.13. The molecular weight excluding hydrogens is 290 g/mol. The van der Waals surface area contributed by atoms with E-state index < -0.39 is 0 Å². The number of rotatable bonds is 3. The van der Waals surface area contributed by atoms with E-state index in [9.17, 15) is 4.79 Å². The average Bonchev–Trinajstić information content (AvgIpc) is 2.97. The Morgan fingerprint density at radius 3 is 2.22 bits per heavy atom. The van der Waals surface area contributed by atoms with Crippen molar-refractivity contribution in [2.45, 2.75) is 20.8 Å². The minimum absolute atomic E-state index is 0.143. The molecule has 0 aliphatic carbocycles. The predicted octanol–water partition coefficient (Wildman–Crippen LogP) is 3.91. The molecule has 1 aromatic heterocycles. The van der Waals surface area contributed by atoms with Crippen molar-refractivity contribution in [1.82, 2.24) is 10.1 Å². The summed E-state index contributed by atoms with van der Waals surface area (Å²) in [6.45, 7) is 5.71. The van der Waals surface area contributed by atoms with Crippen LogP contribution in [-0.4, -0.2) is 16.0 Å². The van der Waals surface area contributed by atoms with Crippen LogP contribution >= 0.6 is 0 Å². The van der Waals surface area contributed by atoms with Gasteiger partial charge in [0.25, 0.3) is 11.8 Å². The van der Waals surface area contributed by atoms with Gasteiger partial charge in [-0.3, -0.25) is 4.79 Å². The van der Waals surface area contributed by atoms with Gasteiger partial charge >= 0.3 is 0 Å². The molecule has 2 aromatic carbocycles. The van der Waals surface area contributed by atoms with Crippen molar-refractivity contribution < 1.29 is 9.32 Å². The quantitative estimate of drug-likeness (QED) is 0.796. The summed E-state index contributed by atoms with van der Waals surface area (Å²) in [5.41, 5.74) is 4.29. The summed E-state index contributed by atoms with van der Waals surface area (Å²) in [7, 11) is 0. The Bertz CT molecular complexity index is 831. The van der Waals surface area contributed by atoms with Crippen molar-refractivity contribution >= 4 is 11.6 Å². The van der Waals surface area contributed by atoms with Gasteiger partial charge in [-0.25, -0.2) is 0 Å². The number of aryl methyl sites for hydroxylation is 3. The summed E-state index contributed by atoms with van der Waals surface area (Å²) in [5.74, 6) is 0.886. The Labute approximate surface area is 134 Å². The molecular formula is C18H17N3O2. The highest BCUT2D eigenvalue weighted by molar-refractivity contribution is 6.05. The molecule has 5 nitrogen and oxygen atoms in total. The number of amides is 1. The Morgan fingerprint density at radius 2 is 1.65 bits per heavy atom. The lowest BCUT2D eigenvalue weighted by Gasteiger charge is -2.11. The Balaban J connectivity index is 1.81. The van der Waals surface area contributed by atoms with Crippen LogP contribution in [0.15, 0.2) is 47.0 Å². The highest BCUT2D eigenvalue weighted by atomic mass is 16.5. The van der Waals surface area contributed by atoms with Crippen LogP contribution in [0.1, 0.15) is 27.3 Å². The van der Waals surface area contributed by atoms with E-state index in [4.69, 9.17) is 4.52 Å². The maximum absolute atomic E-state index is 12.4. The average molecular weight is 307 g/mol. The molecule has 0 aliphatic heterocycles. The molecule has 0 saturated heterocycles. The molecule has 0 radical (unpaired) electrons. The van der Waals surface area contributed by atoms with Crippen molar-refractivity contribution in [1.29, 1.82) is 0 Å². The molecule has 116 valence electrons. The molecule has 3 rings (SSSR count). The standard InChI is InChI=1S/C18H17N3O2/c1-11-5-4-6-12(2)16(11)20-17(22)14-7-9-15(10-8-14)18-19-13(3)21-23-18/h4-10H,1-3H3,(H,20,22). The smallest absolute Gasteiger partial charge is 0.257 e. The van der Waals surface area contributed by atoms with Crippen LogP contribution in [-0.2, 0) is 0 Å². The molecule has 0 atom stereocenters. The molecule has 23 heavy (non-hydrogen) atoms. The Kier molecular flexibility index (Phi) is 3.93. The van der Waals surface area contributed by atoms with Crippen LogP contribution < -0.4 is 5.32 Å². The van der Waals surface area contributed by atoms with E-state index in [1.165, 1.54) is 0 Å². The van der Waals surface area contributed by atoms with E-state index in [2.05, 4.69) is 15.5 Å². The zero-order valence-electron chi connectivity index (χ0n) is 13.3. The zero-order chi connectivity index (χ0) is 16.4. The summed E-state index contributed by atoms with van der Waals surface area (Å²) >= 11 is 0. The lowest BCUT2D eigenvalue weighted by Crippen LogP contribution is -2.13. The van der Waals surface area contributed by atoms with E-state index in [1.54, 1.807) is 31.2 Å². The number of nitrogens with one attached hydrogen (secondary N) is 1. The van der Waals surface area contributed by atoms with Crippen LogP contribution in [0.4, 0.5) is 5.69 Å². The molecule has 0 fully saturated rings. The van der Waals surface area contributed by atoms with Crippen molar-refractivity contribution in [3.63, 3.8) is 0 Å². The third-order valence-corrected chi connectivity index (χ3v) is 3.64. The van der Waals surface area contributed by atoms with Crippen LogP contribution in [0.2, 0.25) is 0 Å². The first-order valence-electron chi connectivity index (χ1n) is 7.33. The number of hydrogen-bond donors (Lipinski definition) is 1. The molecule has 1 N–H and O–H groups in total. The van der Waals surface area contributed by atoms with E-state index in [0.29, 0.717) is 17.3 Å². The fraction of sp³-hybridized carbons (Fsp3) is 0.167. The fourth-order valence-corrected chi connectivity index (χ4v) is 2.38. The van der Waals surface area contributed by atoms with E-state index >= 15 is 0 Å². The minimum Gasteiger partial charge on any atom is -0.334 e. The van der Waals surface area contributed by atoms with Crippen molar-refractivity contribution in [2.75, 3.05) is 5.32 Å². The number of para-hydroxylation sites is 1. The topological polar surface area (TPSA) is 68.0 Å². The number of aromatic nitrogens is 2. The van der Waals surface area contributed by atoms with Crippen LogP contribution in [0.3, 0.4) is 0 Å². The monoisotopic (exact) mass is 307 g/mol. The molecule has 0 unspecified atom stereocenters. The number of benzene rings is 2. The first kappa shape index (κ1) is 15.0. The number of anilines is 1. The van der Waals surface area contributed by atoms with Crippen molar-refractivity contribution in [2.24, 2.45) is 0 Å². The molecule has 1 amide bonds. The summed E-state index contributed by atoms with van der Waals surface area (Å²) in [4.78, 5) is 16.6. The number of nitrogens with zero attached hydrogens (tertiary/aromatic N) is 2. The van der Waals surface area contributed by atoms with Crippen LogP contribution in [0.25, 0.3) is 11.5 Å². The second-order valence-electron chi connectivity index (χ2n) is 5.45. The van der Waals surface area contributed by atoms with Gasteiger partial charge in [0.1, 0.15) is 0 Å². The van der Waals surface area contributed by atoms with E-state index in [1.807, 2.05) is 32.0 Å². The summed E-state index contributed by atoms with van der Waals surface area (Å²) < 4.78 is 5.12. The molecule has 0 spiro atoms. The van der Waals surface area contributed by atoms with Crippen molar-refractivity contribution in [3.8, 4) is 11.5 Å². The Hall–Kier alpha value is -2.95. The van der Waals surface area contributed by atoms with Gasteiger partial charge in [0.2, 0.25) is 0 Å². The van der Waals surface area contributed by atoms with Crippen molar-refractivity contribution in [3.05, 3.63) is 65.0 Å². The van der Waals surface area contributed by atoms with Gasteiger partial charge in [0, 0.05) is 16.8 Å². The molecule has 0 saturated carbocycles. The number of carbonyl (C=O) groups is 1. The molecule has 5 heteroatoms. The maximum Gasteiger partial charge on any atom is 0.257 e. The zero-order valence-corrected chi connectivity index (χ0v) is 13.3. The minimum atomic E-state index is -0.143. The molecule has 0 aliphatic rings. The predicted molar refractivity (Wildman–Crippen MR) is 88.3 cm³/mol. The first-order chi connectivity index (χ1) is 11.0. The highest BCUT2D eigenvalue weighted by Crippen LogP contribution is 2.21. The molecule has 0 bridgehead atoms. The Morgan fingerprint density at radius 1 is 1.00 bits per heavy atom. The second kappa shape index (κ2) is 6.04. The van der Waals surface area contributed by atoms with E-state index in [0.717, 1.165) is 22.4 Å². The van der Waals surface area contributed by atoms with Gasteiger partial charge in [-0.2, -0.15) is 4.98 Å².